The summed E-state index contributed by atoms with van der Waals surface area (Å²) in [5.74, 6) is 0.253. The molecule has 3 N–H and O–H groups in total. The van der Waals surface area contributed by atoms with Crippen molar-refractivity contribution in [3.63, 3.8) is 0 Å². The number of aryl methyl sites for hydroxylation is 1. The lowest BCUT2D eigenvalue weighted by molar-refractivity contribution is -0.142. The number of methoxy groups -OCH3 is 1. The van der Waals surface area contributed by atoms with Gasteiger partial charge in [0.1, 0.15) is 11.9 Å². The summed E-state index contributed by atoms with van der Waals surface area (Å²) >= 11 is 0. The first-order valence-corrected chi connectivity index (χ1v) is 3.50. The summed E-state index contributed by atoms with van der Waals surface area (Å²) in [6.45, 7) is 1.79. The van der Waals surface area contributed by atoms with Crippen LogP contribution in [0, 0.1) is 6.92 Å². The molecule has 0 radical (unpaired) electrons. The van der Waals surface area contributed by atoms with Crippen molar-refractivity contribution < 1.29 is 9.53 Å². The van der Waals surface area contributed by atoms with Crippen LogP contribution in [0.2, 0.25) is 0 Å². The van der Waals surface area contributed by atoms with Crippen molar-refractivity contribution in [2.45, 2.75) is 13.0 Å². The fourth-order valence-corrected chi connectivity index (χ4v) is 0.852. The topological polar surface area (TPSA) is 81.0 Å². The number of ether oxygens (including phenoxy) is 1. The largest absolute Gasteiger partial charge is 0.468 e. The summed E-state index contributed by atoms with van der Waals surface area (Å²) in [7, 11) is 1.30. The lowest BCUT2D eigenvalue weighted by Crippen LogP contribution is -2.22. The second kappa shape index (κ2) is 3.36. The molecule has 5 heteroatoms. The van der Waals surface area contributed by atoms with Crippen molar-refractivity contribution >= 4 is 5.97 Å². The van der Waals surface area contributed by atoms with Crippen LogP contribution < -0.4 is 5.73 Å². The number of imidazole rings is 1. The van der Waals surface area contributed by atoms with E-state index in [1.165, 1.54) is 13.3 Å². The summed E-state index contributed by atoms with van der Waals surface area (Å²) in [6.07, 6.45) is 1.52. The van der Waals surface area contributed by atoms with E-state index in [0.717, 1.165) is 5.82 Å². The zero-order valence-electron chi connectivity index (χ0n) is 7.00. The van der Waals surface area contributed by atoms with E-state index in [0.29, 0.717) is 5.69 Å². The highest BCUT2D eigenvalue weighted by molar-refractivity contribution is 5.76. The molecule has 1 atom stereocenters. The minimum Gasteiger partial charge on any atom is -0.468 e. The molecular weight excluding hydrogens is 158 g/mol. The Bertz CT molecular complexity index is 282. The second-order valence-corrected chi connectivity index (χ2v) is 2.42. The molecule has 1 aromatic rings. The van der Waals surface area contributed by atoms with E-state index < -0.39 is 12.0 Å². The van der Waals surface area contributed by atoms with Crippen LogP contribution in [0.3, 0.4) is 0 Å². The van der Waals surface area contributed by atoms with Gasteiger partial charge in [-0.05, 0) is 6.92 Å². The monoisotopic (exact) mass is 169 g/mol. The number of rotatable bonds is 2. The standard InChI is InChI=1S/C7H11N3O2/c1-4-9-3-5(10-4)6(8)7(11)12-2/h3,6H,8H2,1-2H3,(H,9,10). The van der Waals surface area contributed by atoms with Gasteiger partial charge < -0.3 is 15.5 Å². The summed E-state index contributed by atoms with van der Waals surface area (Å²) < 4.78 is 4.46. The Hall–Kier alpha value is -1.36. The maximum Gasteiger partial charge on any atom is 0.328 e. The quantitative estimate of drug-likeness (QED) is 0.605. The number of carbonyl (C=O) groups excluding carboxylic acids is 1. The lowest BCUT2D eigenvalue weighted by Gasteiger charge is -2.05. The Labute approximate surface area is 69.9 Å². The summed E-state index contributed by atoms with van der Waals surface area (Å²) in [6, 6.07) is -0.767. The molecule has 1 rings (SSSR count). The molecule has 0 aliphatic rings. The molecule has 0 fully saturated rings. The van der Waals surface area contributed by atoms with Gasteiger partial charge in [0.2, 0.25) is 0 Å². The minimum atomic E-state index is -0.767. The van der Waals surface area contributed by atoms with Crippen LogP contribution in [0.5, 0.6) is 0 Å². The number of aromatic amines is 1. The van der Waals surface area contributed by atoms with Crippen molar-refractivity contribution in [3.05, 3.63) is 17.7 Å². The fraction of sp³-hybridized carbons (Fsp3) is 0.429. The van der Waals surface area contributed by atoms with Crippen molar-refractivity contribution in [2.75, 3.05) is 7.11 Å². The fourth-order valence-electron chi connectivity index (χ4n) is 0.852. The predicted octanol–water partition coefficient (Wildman–Crippen LogP) is -0.109. The molecular formula is C7H11N3O2. The summed E-state index contributed by atoms with van der Waals surface area (Å²) in [5, 5.41) is 0. The zero-order valence-corrected chi connectivity index (χ0v) is 7.00. The van der Waals surface area contributed by atoms with Gasteiger partial charge >= 0.3 is 5.97 Å². The van der Waals surface area contributed by atoms with Gasteiger partial charge in [-0.1, -0.05) is 0 Å². The van der Waals surface area contributed by atoms with E-state index in [4.69, 9.17) is 5.73 Å². The number of H-pyrrole nitrogens is 1. The molecule has 0 aliphatic carbocycles. The Morgan fingerprint density at radius 1 is 1.83 bits per heavy atom. The minimum absolute atomic E-state index is 0.473. The van der Waals surface area contributed by atoms with E-state index in [1.807, 2.05) is 0 Å². The highest BCUT2D eigenvalue weighted by atomic mass is 16.5. The van der Waals surface area contributed by atoms with Crippen LogP contribution in [0.25, 0.3) is 0 Å². The average molecular weight is 169 g/mol. The number of hydrogen-bond donors (Lipinski definition) is 2. The van der Waals surface area contributed by atoms with Gasteiger partial charge in [0.15, 0.2) is 0 Å². The number of nitrogens with one attached hydrogen (secondary N) is 1. The lowest BCUT2D eigenvalue weighted by atomic mass is 10.2. The molecule has 66 valence electrons. The third-order valence-corrected chi connectivity index (χ3v) is 1.51. The predicted molar refractivity (Wildman–Crippen MR) is 42.3 cm³/mol. The van der Waals surface area contributed by atoms with Crippen LogP contribution in [0.15, 0.2) is 6.20 Å². The first-order chi connectivity index (χ1) is 5.65. The molecule has 0 aromatic carbocycles. The first kappa shape index (κ1) is 8.73. The summed E-state index contributed by atoms with van der Waals surface area (Å²) in [5.41, 5.74) is 6.09. The van der Waals surface area contributed by atoms with E-state index in [1.54, 1.807) is 6.92 Å². The van der Waals surface area contributed by atoms with Crippen LogP contribution in [-0.2, 0) is 9.53 Å². The van der Waals surface area contributed by atoms with E-state index in [-0.39, 0.29) is 0 Å². The molecule has 1 heterocycles. The Morgan fingerprint density at radius 2 is 2.50 bits per heavy atom. The van der Waals surface area contributed by atoms with E-state index >= 15 is 0 Å². The number of nitrogens with zero attached hydrogens (tertiary/aromatic N) is 1. The Balaban J connectivity index is 2.77. The van der Waals surface area contributed by atoms with E-state index in [9.17, 15) is 4.79 Å². The molecule has 12 heavy (non-hydrogen) atoms. The van der Waals surface area contributed by atoms with Gasteiger partial charge in [-0.2, -0.15) is 0 Å². The molecule has 0 spiro atoms. The Morgan fingerprint density at radius 3 is 2.92 bits per heavy atom. The highest BCUT2D eigenvalue weighted by Crippen LogP contribution is 2.07. The molecule has 0 bridgehead atoms. The van der Waals surface area contributed by atoms with Crippen LogP contribution in [0.1, 0.15) is 17.6 Å². The third kappa shape index (κ3) is 1.62. The van der Waals surface area contributed by atoms with Crippen molar-refractivity contribution in [3.8, 4) is 0 Å². The number of hydrogen-bond acceptors (Lipinski definition) is 4. The van der Waals surface area contributed by atoms with Crippen molar-refractivity contribution in [2.24, 2.45) is 5.73 Å². The molecule has 1 unspecified atom stereocenters. The van der Waals surface area contributed by atoms with E-state index in [2.05, 4.69) is 14.7 Å². The molecule has 0 aliphatic heterocycles. The van der Waals surface area contributed by atoms with Crippen LogP contribution in [-0.4, -0.2) is 23.0 Å². The smallest absolute Gasteiger partial charge is 0.328 e. The van der Waals surface area contributed by atoms with Gasteiger partial charge in [0.05, 0.1) is 19.0 Å². The molecule has 1 aromatic heterocycles. The maximum atomic E-state index is 10.9. The SMILES string of the molecule is COC(=O)C(N)c1cnc(C)[nH]1. The van der Waals surface area contributed by atoms with Gasteiger partial charge in [-0.15, -0.1) is 0 Å². The Kier molecular flexibility index (Phi) is 2.44. The first-order valence-electron chi connectivity index (χ1n) is 3.50. The van der Waals surface area contributed by atoms with Crippen LogP contribution in [0.4, 0.5) is 0 Å². The number of aromatic nitrogens is 2. The zero-order chi connectivity index (χ0) is 9.14. The van der Waals surface area contributed by atoms with Crippen molar-refractivity contribution in [1.82, 2.24) is 9.97 Å². The highest BCUT2D eigenvalue weighted by Gasteiger charge is 2.17. The number of carbonyl (C=O) groups is 1. The number of esters is 1. The maximum absolute atomic E-state index is 10.9. The second-order valence-electron chi connectivity index (χ2n) is 2.42. The van der Waals surface area contributed by atoms with Crippen LogP contribution >= 0.6 is 0 Å². The van der Waals surface area contributed by atoms with Gasteiger partial charge in [0, 0.05) is 0 Å². The normalized spacial score (nSPS) is 12.6. The average Bonchev–Trinajstić information content (AvgIpc) is 2.49. The van der Waals surface area contributed by atoms with Gasteiger partial charge in [-0.3, -0.25) is 0 Å². The molecule has 5 nitrogen and oxygen atoms in total. The van der Waals surface area contributed by atoms with Gasteiger partial charge in [0.25, 0.3) is 0 Å². The molecule has 0 saturated heterocycles. The molecule has 0 saturated carbocycles. The van der Waals surface area contributed by atoms with Gasteiger partial charge in [-0.25, -0.2) is 9.78 Å². The third-order valence-electron chi connectivity index (χ3n) is 1.51. The number of nitrogens with two attached hydrogens (primary N) is 1. The summed E-state index contributed by atoms with van der Waals surface area (Å²) in [4.78, 5) is 17.7. The van der Waals surface area contributed by atoms with Crippen molar-refractivity contribution in [1.29, 1.82) is 0 Å². The molecule has 0 amide bonds.